The van der Waals surface area contributed by atoms with E-state index in [0.29, 0.717) is 36.8 Å². The molecule has 2 aromatic rings. The molecule has 6 rings (SSSR count). The first-order valence-corrected chi connectivity index (χ1v) is 15.3. The number of aliphatic imine (C=N–C) groups is 1. The van der Waals surface area contributed by atoms with Crippen LogP contribution in [0.5, 0.6) is 0 Å². The molecule has 2 N–H and O–H groups in total. The van der Waals surface area contributed by atoms with Gasteiger partial charge in [-0.3, -0.25) is 9.69 Å². The summed E-state index contributed by atoms with van der Waals surface area (Å²) in [4.78, 5) is 36.7. The lowest BCUT2D eigenvalue weighted by molar-refractivity contribution is 0.0600. The topological polar surface area (TPSA) is 91.2 Å². The molecule has 0 aromatic heterocycles. The van der Waals surface area contributed by atoms with E-state index in [9.17, 15) is 14.0 Å². The molecule has 226 valence electrons. The van der Waals surface area contributed by atoms with E-state index in [0.717, 1.165) is 56.5 Å². The highest BCUT2D eigenvalue weighted by molar-refractivity contribution is 5.98. The number of piperidine rings is 1. The highest BCUT2D eigenvalue weighted by atomic mass is 19.1. The number of carbonyl (C=O) groups excluding carboxylic acids is 2. The van der Waals surface area contributed by atoms with Crippen LogP contribution in [0.1, 0.15) is 58.4 Å². The molecule has 0 saturated carbocycles. The number of esters is 1. The molecule has 2 unspecified atom stereocenters. The van der Waals surface area contributed by atoms with Crippen LogP contribution in [0.15, 0.2) is 77.4 Å². The van der Waals surface area contributed by atoms with Gasteiger partial charge in [0.25, 0.3) is 5.91 Å². The predicted octanol–water partition coefficient (Wildman–Crippen LogP) is 4.13. The summed E-state index contributed by atoms with van der Waals surface area (Å²) in [5, 5.41) is 0. The smallest absolute Gasteiger partial charge is 0.337 e. The molecule has 4 aliphatic rings. The van der Waals surface area contributed by atoms with E-state index in [1.54, 1.807) is 36.4 Å². The molecule has 8 nitrogen and oxygen atoms in total. The van der Waals surface area contributed by atoms with Crippen LogP contribution in [0, 0.1) is 5.82 Å². The van der Waals surface area contributed by atoms with Crippen LogP contribution in [0.2, 0.25) is 0 Å². The molecule has 43 heavy (non-hydrogen) atoms. The Morgan fingerprint density at radius 3 is 2.70 bits per heavy atom. The molecule has 0 spiro atoms. The van der Waals surface area contributed by atoms with Crippen molar-refractivity contribution in [3.05, 3.63) is 95.0 Å². The van der Waals surface area contributed by atoms with E-state index in [4.69, 9.17) is 10.5 Å². The quantitative estimate of drug-likeness (QED) is 0.333. The minimum Gasteiger partial charge on any atom is -0.465 e. The second kappa shape index (κ2) is 12.4. The Morgan fingerprint density at radius 2 is 1.93 bits per heavy atom. The van der Waals surface area contributed by atoms with Crippen LogP contribution in [-0.2, 0) is 10.2 Å². The number of ether oxygens (including phenoxy) is 1. The number of carbonyl (C=O) groups is 2. The molecule has 3 heterocycles. The third-order valence-electron chi connectivity index (χ3n) is 9.72. The molecule has 0 radical (unpaired) electrons. The number of methoxy groups -OCH3 is 1. The largest absolute Gasteiger partial charge is 0.465 e. The summed E-state index contributed by atoms with van der Waals surface area (Å²) in [6.45, 7) is 3.67. The normalized spacial score (nSPS) is 24.3. The predicted molar refractivity (Wildman–Crippen MR) is 164 cm³/mol. The minimum atomic E-state index is -0.467. The van der Waals surface area contributed by atoms with Crippen molar-refractivity contribution in [3.8, 4) is 0 Å². The van der Waals surface area contributed by atoms with E-state index in [2.05, 4.69) is 33.0 Å². The molecular formula is C34H40FN5O3. The number of hydrogen-bond donors (Lipinski definition) is 1. The van der Waals surface area contributed by atoms with Crippen molar-refractivity contribution in [1.82, 2.24) is 14.7 Å². The van der Waals surface area contributed by atoms with Crippen LogP contribution in [-0.4, -0.2) is 90.9 Å². The molecule has 4 atom stereocenters. The molecule has 0 bridgehead atoms. The second-order valence-corrected chi connectivity index (χ2v) is 12.1. The summed E-state index contributed by atoms with van der Waals surface area (Å²) in [6, 6.07) is 14.6. The van der Waals surface area contributed by atoms with Crippen LogP contribution >= 0.6 is 0 Å². The monoisotopic (exact) mass is 585 g/mol. The van der Waals surface area contributed by atoms with Gasteiger partial charge in [0.15, 0.2) is 0 Å². The van der Waals surface area contributed by atoms with Crippen LogP contribution in [0.4, 0.5) is 4.39 Å². The average molecular weight is 586 g/mol. The number of fused-ring (bicyclic) bond motifs is 1. The fourth-order valence-corrected chi connectivity index (χ4v) is 7.02. The second-order valence-electron chi connectivity index (χ2n) is 12.1. The Hall–Kier alpha value is -3.82. The Kier molecular flexibility index (Phi) is 8.45. The number of halogens is 1. The number of allylic oxidation sites excluding steroid dienone is 2. The van der Waals surface area contributed by atoms with Gasteiger partial charge in [0.2, 0.25) is 0 Å². The molecule has 2 fully saturated rings. The number of rotatable bonds is 10. The number of amides is 1. The fourth-order valence-electron chi connectivity index (χ4n) is 7.02. The first kappa shape index (κ1) is 29.3. The Labute approximate surface area is 252 Å². The summed E-state index contributed by atoms with van der Waals surface area (Å²) < 4.78 is 19.2. The van der Waals surface area contributed by atoms with Gasteiger partial charge in [0, 0.05) is 43.8 Å². The number of hydrogen-bond acceptors (Lipinski definition) is 7. The molecule has 1 amide bonds. The van der Waals surface area contributed by atoms with Gasteiger partial charge in [-0.2, -0.15) is 0 Å². The van der Waals surface area contributed by atoms with E-state index in [1.165, 1.54) is 13.2 Å². The number of likely N-dealkylation sites (tertiary alicyclic amines) is 1. The lowest BCUT2D eigenvalue weighted by atomic mass is 9.70. The van der Waals surface area contributed by atoms with E-state index in [1.807, 2.05) is 17.3 Å². The molecule has 1 aliphatic carbocycles. The van der Waals surface area contributed by atoms with Gasteiger partial charge in [-0.15, -0.1) is 0 Å². The maximum atomic E-state index is 14.4. The molecule has 3 aliphatic heterocycles. The van der Waals surface area contributed by atoms with Crippen molar-refractivity contribution < 1.29 is 18.7 Å². The van der Waals surface area contributed by atoms with Crippen molar-refractivity contribution in [1.29, 1.82) is 0 Å². The summed E-state index contributed by atoms with van der Waals surface area (Å²) in [6.07, 6.45) is 12.7. The first-order chi connectivity index (χ1) is 20.9. The van der Waals surface area contributed by atoms with Gasteiger partial charge in [-0.05, 0) is 86.0 Å². The zero-order valence-electron chi connectivity index (χ0n) is 24.7. The Balaban J connectivity index is 1.09. The lowest BCUT2D eigenvalue weighted by Gasteiger charge is -2.43. The number of benzene rings is 2. The summed E-state index contributed by atoms with van der Waals surface area (Å²) >= 11 is 0. The Bertz CT molecular complexity index is 1450. The van der Waals surface area contributed by atoms with Crippen molar-refractivity contribution in [2.45, 2.75) is 55.6 Å². The van der Waals surface area contributed by atoms with E-state index in [-0.39, 0.29) is 29.2 Å². The molecular weight excluding hydrogens is 545 g/mol. The average Bonchev–Trinajstić information content (AvgIpc) is 3.66. The highest BCUT2D eigenvalue weighted by Crippen LogP contribution is 2.41. The third kappa shape index (κ3) is 6.15. The third-order valence-corrected chi connectivity index (χ3v) is 9.72. The molecule has 9 heteroatoms. The van der Waals surface area contributed by atoms with Crippen LogP contribution in [0.25, 0.3) is 0 Å². The van der Waals surface area contributed by atoms with Crippen molar-refractivity contribution in [2.75, 3.05) is 39.8 Å². The maximum absolute atomic E-state index is 14.4. The van der Waals surface area contributed by atoms with Gasteiger partial charge in [0.1, 0.15) is 5.82 Å². The van der Waals surface area contributed by atoms with Gasteiger partial charge < -0.3 is 20.3 Å². The minimum absolute atomic E-state index is 0.102. The van der Waals surface area contributed by atoms with Crippen molar-refractivity contribution in [2.24, 2.45) is 10.7 Å². The number of nitrogens with zero attached hydrogens (tertiary/aromatic N) is 4. The van der Waals surface area contributed by atoms with Gasteiger partial charge in [-0.25, -0.2) is 14.2 Å². The van der Waals surface area contributed by atoms with Gasteiger partial charge in [0.05, 0.1) is 30.8 Å². The standard InChI is InChI=1S/C34H40FN5O3/c1-43-33(42)25-7-4-6-24(18-25)32(41)38-15-12-34(13-16-38,26-8-5-9-27(35)19-26)14-17-39-22-29(39)20-28(21-36)40-23-37-30-10-2-3-11-31(30)40/h2-10,18-19,23,28-29,31H,11-17,20-22,36H2,1H3/t28-,29-,31?,39?/m0/s1. The zero-order valence-corrected chi connectivity index (χ0v) is 24.7. The van der Waals surface area contributed by atoms with E-state index >= 15 is 0 Å². The SMILES string of the molecule is COC(=O)c1cccc(C(=O)N2CCC(CCN3C[C@@H]3C[C@@H](CN)N3C=NC4=CC=CCC43)(c3cccc(F)c3)CC2)c1. The van der Waals surface area contributed by atoms with Crippen LogP contribution < -0.4 is 5.73 Å². The Morgan fingerprint density at radius 1 is 1.14 bits per heavy atom. The van der Waals surface area contributed by atoms with Crippen molar-refractivity contribution >= 4 is 18.2 Å². The molecule has 2 saturated heterocycles. The van der Waals surface area contributed by atoms with Gasteiger partial charge in [-0.1, -0.05) is 30.4 Å². The zero-order chi connectivity index (χ0) is 30.0. The van der Waals surface area contributed by atoms with Crippen molar-refractivity contribution in [3.63, 3.8) is 0 Å². The molecule has 2 aromatic carbocycles. The van der Waals surface area contributed by atoms with Crippen LogP contribution in [0.3, 0.4) is 0 Å². The summed E-state index contributed by atoms with van der Waals surface area (Å²) in [5.41, 5.74) is 8.98. The lowest BCUT2D eigenvalue weighted by Crippen LogP contribution is -2.46. The summed E-state index contributed by atoms with van der Waals surface area (Å²) in [5.74, 6) is -0.802. The first-order valence-electron chi connectivity index (χ1n) is 15.3. The summed E-state index contributed by atoms with van der Waals surface area (Å²) in [7, 11) is 1.33. The van der Waals surface area contributed by atoms with Gasteiger partial charge >= 0.3 is 5.97 Å². The fraction of sp³-hybridized carbons (Fsp3) is 0.441. The highest BCUT2D eigenvalue weighted by Gasteiger charge is 2.43. The number of nitrogens with two attached hydrogens (primary N) is 1. The van der Waals surface area contributed by atoms with E-state index < -0.39 is 5.97 Å². The maximum Gasteiger partial charge on any atom is 0.337 e.